The molecule has 0 aliphatic carbocycles. The molecular weight excluding hydrogens is 368 g/mol. The van der Waals surface area contributed by atoms with Crippen molar-refractivity contribution in [3.05, 3.63) is 35.1 Å². The zero-order valence-corrected chi connectivity index (χ0v) is 15.2. The van der Waals surface area contributed by atoms with E-state index in [0.717, 1.165) is 5.39 Å². The molecule has 0 saturated heterocycles. The first kappa shape index (κ1) is 17.3. The SMILES string of the molecule is CNC(=O)c1ccc2c(Cl)c(-c3nn(CCN)c4ncnc(N)c34)[nH]c2c1. The second-order valence-electron chi connectivity index (χ2n) is 5.97. The monoisotopic (exact) mass is 384 g/mol. The lowest BCUT2D eigenvalue weighted by atomic mass is 10.1. The molecule has 6 N–H and O–H groups in total. The van der Waals surface area contributed by atoms with E-state index in [-0.39, 0.29) is 5.91 Å². The summed E-state index contributed by atoms with van der Waals surface area (Å²) in [5.74, 6) is 0.124. The number of fused-ring (bicyclic) bond motifs is 2. The van der Waals surface area contributed by atoms with Crippen molar-refractivity contribution in [2.45, 2.75) is 6.54 Å². The van der Waals surface area contributed by atoms with E-state index < -0.39 is 0 Å². The van der Waals surface area contributed by atoms with Gasteiger partial charge in [-0.3, -0.25) is 4.79 Å². The highest BCUT2D eigenvalue weighted by Crippen LogP contribution is 2.38. The van der Waals surface area contributed by atoms with Crippen molar-refractivity contribution in [2.24, 2.45) is 5.73 Å². The number of carbonyl (C=O) groups is 1. The van der Waals surface area contributed by atoms with Crippen LogP contribution in [0.3, 0.4) is 0 Å². The van der Waals surface area contributed by atoms with Crippen LogP contribution in [0.5, 0.6) is 0 Å². The van der Waals surface area contributed by atoms with E-state index in [9.17, 15) is 4.79 Å². The number of halogens is 1. The zero-order chi connectivity index (χ0) is 19.1. The minimum Gasteiger partial charge on any atom is -0.383 e. The van der Waals surface area contributed by atoms with Crippen LogP contribution < -0.4 is 16.8 Å². The van der Waals surface area contributed by atoms with E-state index in [4.69, 9.17) is 23.1 Å². The topological polar surface area (TPSA) is 141 Å². The van der Waals surface area contributed by atoms with Crippen LogP contribution in [0.15, 0.2) is 24.5 Å². The Morgan fingerprint density at radius 3 is 2.93 bits per heavy atom. The molecule has 3 aromatic heterocycles. The third kappa shape index (κ3) is 2.68. The first-order valence-electron chi connectivity index (χ1n) is 8.26. The fraction of sp³-hybridized carbons (Fsp3) is 0.176. The van der Waals surface area contributed by atoms with E-state index in [1.54, 1.807) is 29.9 Å². The molecule has 4 aromatic rings. The summed E-state index contributed by atoms with van der Waals surface area (Å²) in [7, 11) is 1.58. The van der Waals surface area contributed by atoms with Gasteiger partial charge in [-0.05, 0) is 12.1 Å². The number of hydrogen-bond acceptors (Lipinski definition) is 6. The highest BCUT2D eigenvalue weighted by atomic mass is 35.5. The molecule has 9 nitrogen and oxygen atoms in total. The maximum absolute atomic E-state index is 11.9. The molecular formula is C17H17ClN8O. The van der Waals surface area contributed by atoms with Crippen LogP contribution in [0.2, 0.25) is 5.02 Å². The molecule has 0 unspecified atom stereocenters. The molecule has 138 valence electrons. The molecule has 1 aromatic carbocycles. The largest absolute Gasteiger partial charge is 0.383 e. The van der Waals surface area contributed by atoms with Crippen LogP contribution in [-0.4, -0.2) is 44.2 Å². The third-order valence-corrected chi connectivity index (χ3v) is 4.75. The van der Waals surface area contributed by atoms with Crippen LogP contribution >= 0.6 is 11.6 Å². The van der Waals surface area contributed by atoms with Gasteiger partial charge >= 0.3 is 0 Å². The van der Waals surface area contributed by atoms with Gasteiger partial charge in [0.05, 0.1) is 22.6 Å². The molecule has 0 aliphatic heterocycles. The summed E-state index contributed by atoms with van der Waals surface area (Å²) in [4.78, 5) is 23.5. The Morgan fingerprint density at radius 2 is 2.19 bits per heavy atom. The lowest BCUT2D eigenvalue weighted by Gasteiger charge is -1.99. The Hall–Kier alpha value is -3.17. The Kier molecular flexibility index (Phi) is 4.17. The molecule has 0 radical (unpaired) electrons. The molecule has 27 heavy (non-hydrogen) atoms. The average molecular weight is 385 g/mol. The number of amides is 1. The highest BCUT2D eigenvalue weighted by molar-refractivity contribution is 6.38. The average Bonchev–Trinajstić information content (AvgIpc) is 3.20. The van der Waals surface area contributed by atoms with Gasteiger partial charge in [0.1, 0.15) is 17.8 Å². The quantitative estimate of drug-likeness (QED) is 0.420. The Labute approximate surface area is 158 Å². The predicted octanol–water partition coefficient (Wildman–Crippen LogP) is 1.53. The Balaban J connectivity index is 1.97. The second-order valence-corrected chi connectivity index (χ2v) is 6.35. The molecule has 0 saturated carbocycles. The van der Waals surface area contributed by atoms with E-state index in [1.165, 1.54) is 6.33 Å². The number of nitrogens with one attached hydrogen (secondary N) is 2. The van der Waals surface area contributed by atoms with Gasteiger partial charge in [-0.15, -0.1) is 0 Å². The van der Waals surface area contributed by atoms with Gasteiger partial charge in [0.15, 0.2) is 5.65 Å². The van der Waals surface area contributed by atoms with E-state index in [1.807, 2.05) is 0 Å². The summed E-state index contributed by atoms with van der Waals surface area (Å²) in [5, 5.41) is 9.06. The van der Waals surface area contributed by atoms with E-state index in [2.05, 4.69) is 25.4 Å². The van der Waals surface area contributed by atoms with Gasteiger partial charge in [0.25, 0.3) is 5.91 Å². The third-order valence-electron chi connectivity index (χ3n) is 4.36. The van der Waals surface area contributed by atoms with Gasteiger partial charge in [0, 0.05) is 30.1 Å². The first-order chi connectivity index (χ1) is 13.0. The molecule has 0 atom stereocenters. The van der Waals surface area contributed by atoms with Crippen LogP contribution in [0, 0.1) is 0 Å². The summed E-state index contributed by atoms with van der Waals surface area (Å²) in [5.41, 5.74) is 14.7. The Morgan fingerprint density at radius 1 is 1.37 bits per heavy atom. The van der Waals surface area contributed by atoms with Gasteiger partial charge in [-0.2, -0.15) is 5.10 Å². The zero-order valence-electron chi connectivity index (χ0n) is 14.5. The van der Waals surface area contributed by atoms with Crippen molar-refractivity contribution in [1.29, 1.82) is 0 Å². The molecule has 0 fully saturated rings. The van der Waals surface area contributed by atoms with E-state index >= 15 is 0 Å². The molecule has 0 aliphatic rings. The molecule has 0 bridgehead atoms. The van der Waals surface area contributed by atoms with Crippen molar-refractivity contribution in [3.8, 4) is 11.4 Å². The number of aromatic amines is 1. The Bertz CT molecular complexity index is 1180. The summed E-state index contributed by atoms with van der Waals surface area (Å²) < 4.78 is 1.68. The van der Waals surface area contributed by atoms with Gasteiger partial charge in [0.2, 0.25) is 0 Å². The fourth-order valence-electron chi connectivity index (χ4n) is 3.10. The first-order valence-corrected chi connectivity index (χ1v) is 8.63. The van der Waals surface area contributed by atoms with E-state index in [0.29, 0.717) is 57.4 Å². The minimum absolute atomic E-state index is 0.181. The number of rotatable bonds is 4. The minimum atomic E-state index is -0.181. The number of H-pyrrole nitrogens is 1. The lowest BCUT2D eigenvalue weighted by molar-refractivity contribution is 0.0963. The number of benzene rings is 1. The summed E-state index contributed by atoms with van der Waals surface area (Å²) in [6.45, 7) is 0.877. The number of nitrogen functional groups attached to an aromatic ring is 1. The standard InChI is InChI=1S/C17H17ClN8O/c1-21-17(27)8-2-3-9-10(6-8)24-14(12(9)18)13-11-15(20)22-7-23-16(11)26(25-13)5-4-19/h2-3,6-7,24H,4-5,19H2,1H3,(H,21,27)(H2,20,22,23). The summed E-state index contributed by atoms with van der Waals surface area (Å²) in [6, 6.07) is 5.25. The number of aromatic nitrogens is 5. The highest BCUT2D eigenvalue weighted by Gasteiger charge is 2.22. The molecule has 0 spiro atoms. The van der Waals surface area contributed by atoms with Crippen molar-refractivity contribution in [1.82, 2.24) is 30.0 Å². The molecule has 1 amide bonds. The van der Waals surface area contributed by atoms with Gasteiger partial charge < -0.3 is 21.8 Å². The predicted molar refractivity (Wildman–Crippen MR) is 104 cm³/mol. The van der Waals surface area contributed by atoms with Crippen molar-refractivity contribution in [3.63, 3.8) is 0 Å². The van der Waals surface area contributed by atoms with Gasteiger partial charge in [-0.25, -0.2) is 14.6 Å². The van der Waals surface area contributed by atoms with Crippen LogP contribution in [0.4, 0.5) is 5.82 Å². The van der Waals surface area contributed by atoms with Crippen molar-refractivity contribution >= 4 is 45.3 Å². The number of carbonyl (C=O) groups excluding carboxylic acids is 1. The summed E-state index contributed by atoms with van der Waals surface area (Å²) in [6.07, 6.45) is 1.39. The van der Waals surface area contributed by atoms with Crippen LogP contribution in [-0.2, 0) is 6.54 Å². The van der Waals surface area contributed by atoms with Crippen molar-refractivity contribution in [2.75, 3.05) is 19.3 Å². The number of anilines is 1. The van der Waals surface area contributed by atoms with Crippen LogP contribution in [0.25, 0.3) is 33.3 Å². The maximum Gasteiger partial charge on any atom is 0.251 e. The second kappa shape index (κ2) is 6.53. The molecule has 10 heteroatoms. The number of nitrogens with zero attached hydrogens (tertiary/aromatic N) is 4. The maximum atomic E-state index is 11.9. The fourth-order valence-corrected chi connectivity index (χ4v) is 3.40. The van der Waals surface area contributed by atoms with Crippen molar-refractivity contribution < 1.29 is 4.79 Å². The number of nitrogens with two attached hydrogens (primary N) is 2. The van der Waals surface area contributed by atoms with Gasteiger partial charge in [-0.1, -0.05) is 17.7 Å². The normalized spacial score (nSPS) is 11.4. The molecule has 4 rings (SSSR count). The smallest absolute Gasteiger partial charge is 0.251 e. The van der Waals surface area contributed by atoms with Crippen LogP contribution in [0.1, 0.15) is 10.4 Å². The molecule has 3 heterocycles. The summed E-state index contributed by atoms with van der Waals surface area (Å²) >= 11 is 6.61. The number of hydrogen-bond donors (Lipinski definition) is 4. The lowest BCUT2D eigenvalue weighted by Crippen LogP contribution is -2.17.